The molecule has 3 aliphatic rings. The van der Waals surface area contributed by atoms with Crippen LogP contribution in [0, 0.1) is 0 Å². The van der Waals surface area contributed by atoms with Gasteiger partial charge >= 0.3 is 11.9 Å². The Morgan fingerprint density at radius 3 is 2.12 bits per heavy atom. The van der Waals surface area contributed by atoms with E-state index in [1.165, 1.54) is 11.9 Å². The van der Waals surface area contributed by atoms with E-state index in [2.05, 4.69) is 5.32 Å². The molecule has 0 bridgehead atoms. The van der Waals surface area contributed by atoms with Gasteiger partial charge in [-0.15, -0.1) is 0 Å². The number of aliphatic hydroxyl groups excluding tert-OH is 5. The molecule has 1 aliphatic carbocycles. The van der Waals surface area contributed by atoms with E-state index in [0.29, 0.717) is 16.7 Å². The van der Waals surface area contributed by atoms with Crippen molar-refractivity contribution < 1.29 is 73.1 Å². The minimum atomic E-state index is -1.59. The Balaban J connectivity index is 1.14. The first-order valence-corrected chi connectivity index (χ1v) is 24.0. The molecule has 2 fully saturated rings. The Bertz CT molecular complexity index is 2470. The average molecular weight is 993 g/mol. The number of fused-ring (bicyclic) bond motifs is 1. The minimum absolute atomic E-state index is 0.0591. The molecular formula is C55H64N2O15. The van der Waals surface area contributed by atoms with E-state index in [0.717, 1.165) is 5.56 Å². The van der Waals surface area contributed by atoms with Gasteiger partial charge in [-0.1, -0.05) is 115 Å². The molecule has 72 heavy (non-hydrogen) atoms. The van der Waals surface area contributed by atoms with Crippen LogP contribution < -0.4 is 5.32 Å². The number of aliphatic hydroxyl groups is 5. The summed E-state index contributed by atoms with van der Waals surface area (Å²) < 4.78 is 36.6. The zero-order valence-corrected chi connectivity index (χ0v) is 40.7. The summed E-state index contributed by atoms with van der Waals surface area (Å²) >= 11 is 0. The van der Waals surface area contributed by atoms with E-state index in [9.17, 15) is 44.7 Å². The van der Waals surface area contributed by atoms with Gasteiger partial charge in [0.15, 0.2) is 6.29 Å². The van der Waals surface area contributed by atoms with Gasteiger partial charge in [-0.25, -0.2) is 4.79 Å². The number of benzene rings is 4. The van der Waals surface area contributed by atoms with Crippen LogP contribution in [0.1, 0.15) is 72.6 Å². The summed E-state index contributed by atoms with van der Waals surface area (Å²) in [7, 11) is 1.51. The summed E-state index contributed by atoms with van der Waals surface area (Å²) in [4.78, 5) is 57.4. The van der Waals surface area contributed by atoms with E-state index in [1.54, 1.807) is 63.3 Å². The summed E-state index contributed by atoms with van der Waals surface area (Å²) in [6.07, 6.45) is -5.16. The zero-order valence-electron chi connectivity index (χ0n) is 40.7. The van der Waals surface area contributed by atoms with Crippen LogP contribution in [0.15, 0.2) is 133 Å². The van der Waals surface area contributed by atoms with Crippen LogP contribution in [0.4, 0.5) is 0 Å². The molecule has 17 nitrogen and oxygen atoms in total. The third kappa shape index (κ3) is 13.1. The lowest BCUT2D eigenvalue weighted by atomic mass is 9.90. The smallest absolute Gasteiger partial charge is 0.338 e. The van der Waals surface area contributed by atoms with Crippen molar-refractivity contribution in [2.75, 3.05) is 26.9 Å². The molecule has 2 heterocycles. The maximum atomic E-state index is 14.9. The lowest BCUT2D eigenvalue weighted by molar-refractivity contribution is -0.298. The Kier molecular flexibility index (Phi) is 17.9. The van der Waals surface area contributed by atoms with Crippen molar-refractivity contribution in [3.05, 3.63) is 161 Å². The van der Waals surface area contributed by atoms with Crippen LogP contribution >= 0.6 is 0 Å². The fourth-order valence-electron chi connectivity index (χ4n) is 8.90. The molecule has 0 saturated carbocycles. The normalized spacial score (nSPS) is 24.6. The van der Waals surface area contributed by atoms with Crippen LogP contribution in [-0.2, 0) is 55.0 Å². The standard InChI is InChI=1S/C55H64N2O15/c1-54(2,3)71-45(60)26-25-40(32-58)56-50(64)41(29-35-16-8-5-9-17-35)57(4)51(65)37-30-42(49-43(31-37)70-55(72-49,38-21-10-6-11-22-38)39-23-12-7-13-24-39)68-52(66)36-20-14-18-34(28-36)19-15-27-67-53-48(63)47(62)46(61)44(33-59)69-53/h5-24,28,31,40-44,46-49,53,58-59,61-63H,25-27,29-30,32-33H2,1-4H3,(H,56,64). The summed E-state index contributed by atoms with van der Waals surface area (Å²) in [5, 5.41) is 53.2. The van der Waals surface area contributed by atoms with E-state index in [4.69, 9.17) is 28.4 Å². The van der Waals surface area contributed by atoms with Crippen LogP contribution in [0.3, 0.4) is 0 Å². The number of likely N-dealkylation sites (N-methyl/N-ethyl adjacent to an activating group) is 1. The van der Waals surface area contributed by atoms with E-state index < -0.39 is 109 Å². The molecule has 2 amide bonds. The summed E-state index contributed by atoms with van der Waals surface area (Å²) in [5.74, 6) is -3.79. The third-order valence-corrected chi connectivity index (χ3v) is 12.6. The van der Waals surface area contributed by atoms with Gasteiger partial charge in [0.05, 0.1) is 31.4 Å². The van der Waals surface area contributed by atoms with E-state index in [-0.39, 0.29) is 43.4 Å². The molecular weight excluding hydrogens is 929 g/mol. The number of amides is 2. The fourth-order valence-corrected chi connectivity index (χ4v) is 8.90. The molecule has 10 unspecified atom stereocenters. The van der Waals surface area contributed by atoms with Gasteiger partial charge in [-0.05, 0) is 56.5 Å². The number of hydrogen-bond acceptors (Lipinski definition) is 15. The summed E-state index contributed by atoms with van der Waals surface area (Å²) in [6, 6.07) is 32.4. The fraction of sp³-hybridized carbons (Fsp3) is 0.418. The van der Waals surface area contributed by atoms with Crippen LogP contribution in [0.2, 0.25) is 0 Å². The van der Waals surface area contributed by atoms with E-state index >= 15 is 0 Å². The van der Waals surface area contributed by atoms with Crippen LogP contribution in [-0.4, -0.2) is 148 Å². The van der Waals surface area contributed by atoms with Gasteiger partial charge in [0, 0.05) is 43.0 Å². The number of nitrogens with one attached hydrogen (secondary N) is 1. The van der Waals surface area contributed by atoms with Crippen LogP contribution in [0.25, 0.3) is 6.08 Å². The molecule has 6 N–H and O–H groups in total. The molecule has 0 spiro atoms. The van der Waals surface area contributed by atoms with Crippen molar-refractivity contribution in [1.29, 1.82) is 0 Å². The van der Waals surface area contributed by atoms with Crippen molar-refractivity contribution in [3.8, 4) is 0 Å². The second-order valence-corrected chi connectivity index (χ2v) is 19.0. The van der Waals surface area contributed by atoms with Crippen molar-refractivity contribution in [3.63, 3.8) is 0 Å². The highest BCUT2D eigenvalue weighted by Gasteiger charge is 2.55. The van der Waals surface area contributed by atoms with Gasteiger partial charge in [-0.2, -0.15) is 0 Å². The number of hydrogen-bond donors (Lipinski definition) is 6. The van der Waals surface area contributed by atoms with Gasteiger partial charge < -0.3 is 64.2 Å². The molecule has 17 heteroatoms. The maximum absolute atomic E-state index is 14.9. The molecule has 4 aromatic rings. The predicted molar refractivity (Wildman–Crippen MR) is 261 cm³/mol. The first kappa shape index (κ1) is 53.7. The molecule has 0 radical (unpaired) electrons. The van der Waals surface area contributed by atoms with Gasteiger partial charge in [0.1, 0.15) is 54.4 Å². The molecule has 7 rings (SSSR count). The maximum Gasteiger partial charge on any atom is 0.338 e. The monoisotopic (exact) mass is 992 g/mol. The summed E-state index contributed by atoms with van der Waals surface area (Å²) in [6.45, 7) is 4.08. The number of ether oxygens (including phenoxy) is 6. The van der Waals surface area contributed by atoms with Gasteiger partial charge in [-0.3, -0.25) is 14.4 Å². The molecule has 2 aliphatic heterocycles. The SMILES string of the molecule is CN(C(=O)C1=CC2OC(c3ccccc3)(c3ccccc3)OC2C(OC(=O)c2cccc(C=CCOC3OC(CO)C(O)C(O)C3O)c2)C1)C(Cc1ccccc1)C(=O)NC(CO)CCC(=O)OC(C)(C)C. The Morgan fingerprint density at radius 1 is 0.847 bits per heavy atom. The molecule has 2 saturated heterocycles. The van der Waals surface area contributed by atoms with Crippen molar-refractivity contribution in [1.82, 2.24) is 10.2 Å². The van der Waals surface area contributed by atoms with Crippen molar-refractivity contribution >= 4 is 29.8 Å². The van der Waals surface area contributed by atoms with E-state index in [1.807, 2.05) is 91.0 Å². The number of carbonyl (C=O) groups is 4. The average Bonchev–Trinajstić information content (AvgIpc) is 3.79. The summed E-state index contributed by atoms with van der Waals surface area (Å²) in [5.41, 5.74) is 2.31. The highest BCUT2D eigenvalue weighted by molar-refractivity contribution is 5.97. The van der Waals surface area contributed by atoms with Crippen molar-refractivity contribution in [2.24, 2.45) is 0 Å². The quantitative estimate of drug-likeness (QED) is 0.0734. The molecule has 4 aromatic carbocycles. The molecule has 384 valence electrons. The van der Waals surface area contributed by atoms with Gasteiger partial charge in [0.25, 0.3) is 0 Å². The van der Waals surface area contributed by atoms with Crippen molar-refractivity contribution in [2.45, 2.75) is 119 Å². The third-order valence-electron chi connectivity index (χ3n) is 12.6. The van der Waals surface area contributed by atoms with Crippen LogP contribution in [0.5, 0.6) is 0 Å². The zero-order chi connectivity index (χ0) is 51.6. The number of carbonyl (C=O) groups excluding carboxylic acids is 4. The Labute approximate surface area is 418 Å². The largest absolute Gasteiger partial charge is 0.460 e. The highest BCUT2D eigenvalue weighted by Crippen LogP contribution is 2.47. The number of rotatable bonds is 19. The lowest BCUT2D eigenvalue weighted by Gasteiger charge is -2.39. The first-order valence-electron chi connectivity index (χ1n) is 24.0. The Hall–Kier alpha value is -6.12. The lowest BCUT2D eigenvalue weighted by Crippen LogP contribution is -2.59. The van der Waals surface area contributed by atoms with Gasteiger partial charge in [0.2, 0.25) is 17.6 Å². The second kappa shape index (κ2) is 24.1. The second-order valence-electron chi connectivity index (χ2n) is 19.0. The predicted octanol–water partition coefficient (Wildman–Crippen LogP) is 3.73. The number of esters is 2. The minimum Gasteiger partial charge on any atom is -0.460 e. The first-order chi connectivity index (χ1) is 34.5. The topological polar surface area (TPSA) is 240 Å². The highest BCUT2D eigenvalue weighted by atomic mass is 16.8. The Morgan fingerprint density at radius 2 is 1.50 bits per heavy atom. The number of nitrogens with zero attached hydrogens (tertiary/aromatic N) is 1. The molecule has 0 aromatic heterocycles. The molecule has 10 atom stereocenters.